The van der Waals surface area contributed by atoms with E-state index in [1.165, 1.54) is 14.2 Å². The summed E-state index contributed by atoms with van der Waals surface area (Å²) in [6, 6.07) is -1.81. The topological polar surface area (TPSA) is 67.6 Å². The van der Waals surface area contributed by atoms with Gasteiger partial charge in [-0.15, -0.1) is 0 Å². The largest absolute Gasteiger partial charge is 0.405 e. The zero-order valence-corrected chi connectivity index (χ0v) is 9.88. The molecule has 0 aliphatic rings. The van der Waals surface area contributed by atoms with Crippen molar-refractivity contribution >= 4 is 5.91 Å². The summed E-state index contributed by atoms with van der Waals surface area (Å²) in [6.07, 6.45) is -4.43. The van der Waals surface area contributed by atoms with E-state index in [0.29, 0.717) is 6.61 Å². The molecule has 1 amide bonds. The Morgan fingerprint density at radius 1 is 1.53 bits per heavy atom. The van der Waals surface area contributed by atoms with Gasteiger partial charge in [-0.1, -0.05) is 0 Å². The third kappa shape index (κ3) is 6.44. The van der Waals surface area contributed by atoms with Gasteiger partial charge in [0.05, 0.1) is 13.2 Å². The van der Waals surface area contributed by atoms with Crippen LogP contribution < -0.4 is 11.1 Å². The Bertz CT molecular complexity index is 236. The Balaban J connectivity index is 4.13. The predicted octanol–water partition coefficient (Wildman–Crippen LogP) is -0.430. The van der Waals surface area contributed by atoms with E-state index in [1.807, 2.05) is 0 Å². The van der Waals surface area contributed by atoms with Gasteiger partial charge in [0, 0.05) is 20.2 Å². The van der Waals surface area contributed by atoms with E-state index in [9.17, 15) is 18.0 Å². The number of halogens is 3. The average Bonchev–Trinajstić information content (AvgIpc) is 2.16. The quantitative estimate of drug-likeness (QED) is 0.607. The molecular weight excluding hydrogens is 239 g/mol. The lowest BCUT2D eigenvalue weighted by molar-refractivity contribution is -0.178. The molecule has 0 rings (SSSR count). The second kappa shape index (κ2) is 7.46. The number of nitrogens with zero attached hydrogens (tertiary/aromatic N) is 1. The van der Waals surface area contributed by atoms with Crippen LogP contribution in [0.15, 0.2) is 0 Å². The third-order valence-corrected chi connectivity index (χ3v) is 2.15. The number of nitrogens with one attached hydrogen (secondary N) is 1. The van der Waals surface area contributed by atoms with Crippen molar-refractivity contribution in [3.05, 3.63) is 0 Å². The standard InChI is InChI=1S/C9H18F3N3O2/c1-15(7(5-13)9(10,11)12)6-8(16)14-3-4-17-2/h7H,3-6,13H2,1-2H3,(H,14,16). The smallest absolute Gasteiger partial charge is 0.383 e. The highest BCUT2D eigenvalue weighted by Crippen LogP contribution is 2.22. The summed E-state index contributed by atoms with van der Waals surface area (Å²) in [5.41, 5.74) is 5.04. The fourth-order valence-corrected chi connectivity index (χ4v) is 1.25. The Labute approximate surface area is 98.1 Å². The van der Waals surface area contributed by atoms with Crippen molar-refractivity contribution in [3.63, 3.8) is 0 Å². The first-order chi connectivity index (χ1) is 7.82. The molecule has 0 bridgehead atoms. The van der Waals surface area contributed by atoms with E-state index in [1.54, 1.807) is 0 Å². The van der Waals surface area contributed by atoms with Crippen molar-refractivity contribution in [2.45, 2.75) is 12.2 Å². The molecule has 0 spiro atoms. The number of amides is 1. The minimum atomic E-state index is -4.43. The number of hydrogen-bond acceptors (Lipinski definition) is 4. The maximum Gasteiger partial charge on any atom is 0.405 e. The predicted molar refractivity (Wildman–Crippen MR) is 56.4 cm³/mol. The van der Waals surface area contributed by atoms with Crippen LogP contribution in [0.5, 0.6) is 0 Å². The van der Waals surface area contributed by atoms with Crippen molar-refractivity contribution in [3.8, 4) is 0 Å². The van der Waals surface area contributed by atoms with Crippen LogP contribution in [0.4, 0.5) is 13.2 Å². The van der Waals surface area contributed by atoms with E-state index >= 15 is 0 Å². The lowest BCUT2D eigenvalue weighted by atomic mass is 10.2. The highest BCUT2D eigenvalue weighted by Gasteiger charge is 2.41. The molecular formula is C9H18F3N3O2. The first-order valence-electron chi connectivity index (χ1n) is 5.05. The zero-order chi connectivity index (χ0) is 13.5. The average molecular weight is 257 g/mol. The van der Waals surface area contributed by atoms with Crippen LogP contribution in [0, 0.1) is 0 Å². The molecule has 0 radical (unpaired) electrons. The summed E-state index contributed by atoms with van der Waals surface area (Å²) in [4.78, 5) is 12.1. The SMILES string of the molecule is COCCNC(=O)CN(C)C(CN)C(F)(F)F. The van der Waals surface area contributed by atoms with E-state index in [-0.39, 0.29) is 13.1 Å². The van der Waals surface area contributed by atoms with Crippen LogP contribution in [0.2, 0.25) is 0 Å². The summed E-state index contributed by atoms with van der Waals surface area (Å²) in [6.45, 7) is -0.353. The monoisotopic (exact) mass is 257 g/mol. The molecule has 1 atom stereocenters. The summed E-state index contributed by atoms with van der Waals surface area (Å²) in [7, 11) is 2.67. The van der Waals surface area contributed by atoms with Gasteiger partial charge < -0.3 is 15.8 Å². The van der Waals surface area contributed by atoms with Crippen LogP contribution in [-0.2, 0) is 9.53 Å². The molecule has 0 heterocycles. The van der Waals surface area contributed by atoms with Gasteiger partial charge in [0.1, 0.15) is 6.04 Å². The van der Waals surface area contributed by atoms with Gasteiger partial charge >= 0.3 is 6.18 Å². The molecule has 8 heteroatoms. The number of carbonyl (C=O) groups excluding carboxylic acids is 1. The number of methoxy groups -OCH3 is 1. The van der Waals surface area contributed by atoms with Gasteiger partial charge in [0.15, 0.2) is 0 Å². The van der Waals surface area contributed by atoms with Gasteiger partial charge in [-0.25, -0.2) is 0 Å². The highest BCUT2D eigenvalue weighted by atomic mass is 19.4. The van der Waals surface area contributed by atoms with Gasteiger partial charge in [0.2, 0.25) is 5.91 Å². The lowest BCUT2D eigenvalue weighted by Crippen LogP contribution is -2.51. The van der Waals surface area contributed by atoms with Gasteiger partial charge in [-0.05, 0) is 7.05 Å². The maximum atomic E-state index is 12.5. The van der Waals surface area contributed by atoms with E-state index < -0.39 is 24.7 Å². The zero-order valence-electron chi connectivity index (χ0n) is 9.88. The van der Waals surface area contributed by atoms with Crippen LogP contribution in [0.25, 0.3) is 0 Å². The second-order valence-corrected chi connectivity index (χ2v) is 3.55. The first kappa shape index (κ1) is 16.1. The minimum Gasteiger partial charge on any atom is -0.383 e. The molecule has 0 aliphatic heterocycles. The molecule has 17 heavy (non-hydrogen) atoms. The van der Waals surface area contributed by atoms with Gasteiger partial charge in [0.25, 0.3) is 0 Å². The van der Waals surface area contributed by atoms with Crippen molar-refractivity contribution in [2.75, 3.05) is 40.4 Å². The molecule has 0 saturated heterocycles. The Morgan fingerprint density at radius 2 is 2.12 bits per heavy atom. The summed E-state index contributed by atoms with van der Waals surface area (Å²) >= 11 is 0. The summed E-state index contributed by atoms with van der Waals surface area (Å²) in [5, 5.41) is 2.43. The summed E-state index contributed by atoms with van der Waals surface area (Å²) in [5.74, 6) is -0.493. The number of nitrogens with two attached hydrogens (primary N) is 1. The Morgan fingerprint density at radius 3 is 2.53 bits per heavy atom. The van der Waals surface area contributed by atoms with Crippen molar-refractivity contribution in [1.82, 2.24) is 10.2 Å². The first-order valence-corrected chi connectivity index (χ1v) is 5.05. The van der Waals surface area contributed by atoms with E-state index in [0.717, 1.165) is 4.90 Å². The summed E-state index contributed by atoms with van der Waals surface area (Å²) < 4.78 is 42.1. The molecule has 0 aromatic carbocycles. The maximum absolute atomic E-state index is 12.5. The lowest BCUT2D eigenvalue weighted by Gasteiger charge is -2.28. The number of rotatable bonds is 7. The minimum absolute atomic E-state index is 0.266. The number of ether oxygens (including phenoxy) is 1. The Kier molecular flexibility index (Phi) is 7.09. The van der Waals surface area contributed by atoms with Crippen LogP contribution in [-0.4, -0.2) is 63.4 Å². The third-order valence-electron chi connectivity index (χ3n) is 2.15. The van der Waals surface area contributed by atoms with E-state index in [4.69, 9.17) is 10.5 Å². The molecule has 0 fully saturated rings. The molecule has 0 aromatic rings. The van der Waals surface area contributed by atoms with Gasteiger partial charge in [-0.3, -0.25) is 9.69 Å². The van der Waals surface area contributed by atoms with Crippen molar-refractivity contribution in [1.29, 1.82) is 0 Å². The Hall–Kier alpha value is -0.860. The number of hydrogen-bond donors (Lipinski definition) is 2. The van der Waals surface area contributed by atoms with Crippen molar-refractivity contribution < 1.29 is 22.7 Å². The van der Waals surface area contributed by atoms with Crippen LogP contribution >= 0.6 is 0 Å². The number of likely N-dealkylation sites (N-methyl/N-ethyl adjacent to an activating group) is 1. The molecule has 3 N–H and O–H groups in total. The number of carbonyl (C=O) groups is 1. The van der Waals surface area contributed by atoms with Gasteiger partial charge in [-0.2, -0.15) is 13.2 Å². The van der Waals surface area contributed by atoms with Crippen molar-refractivity contribution in [2.24, 2.45) is 5.73 Å². The molecule has 0 aromatic heterocycles. The second-order valence-electron chi connectivity index (χ2n) is 3.55. The fourth-order valence-electron chi connectivity index (χ4n) is 1.25. The van der Waals surface area contributed by atoms with Crippen LogP contribution in [0.1, 0.15) is 0 Å². The molecule has 5 nitrogen and oxygen atoms in total. The van der Waals surface area contributed by atoms with Crippen LogP contribution in [0.3, 0.4) is 0 Å². The molecule has 1 unspecified atom stereocenters. The number of alkyl halides is 3. The molecule has 0 saturated carbocycles. The molecule has 102 valence electrons. The van der Waals surface area contributed by atoms with E-state index in [2.05, 4.69) is 5.32 Å². The normalized spacial score (nSPS) is 13.8. The molecule has 0 aliphatic carbocycles. The fraction of sp³-hybridized carbons (Fsp3) is 0.889. The highest BCUT2D eigenvalue weighted by molar-refractivity contribution is 5.78.